The zero-order valence-electron chi connectivity index (χ0n) is 10.9. The summed E-state index contributed by atoms with van der Waals surface area (Å²) in [7, 11) is 0. The van der Waals surface area contributed by atoms with Crippen LogP contribution in [-0.4, -0.2) is 34.2 Å². The van der Waals surface area contributed by atoms with Gasteiger partial charge in [-0.25, -0.2) is 4.39 Å². The number of carboxylic acids is 1. The van der Waals surface area contributed by atoms with Crippen LogP contribution < -0.4 is 0 Å². The van der Waals surface area contributed by atoms with Crippen LogP contribution in [0.2, 0.25) is 0 Å². The lowest BCUT2D eigenvalue weighted by atomic mass is 9.84. The summed E-state index contributed by atoms with van der Waals surface area (Å²) in [5.41, 5.74) is 0.0720. The fourth-order valence-corrected chi connectivity index (χ4v) is 2.61. The normalized spacial score (nSPS) is 23.7. The molecule has 0 spiro atoms. The number of phenols is 1. The lowest BCUT2D eigenvalue weighted by Gasteiger charge is -2.23. The molecular formula is C14H18FNO3. The minimum atomic E-state index is -0.755. The van der Waals surface area contributed by atoms with Gasteiger partial charge in [-0.2, -0.15) is 0 Å². The van der Waals surface area contributed by atoms with E-state index < -0.39 is 17.2 Å². The van der Waals surface area contributed by atoms with Crippen LogP contribution in [0.3, 0.4) is 0 Å². The highest BCUT2D eigenvalue weighted by Crippen LogP contribution is 2.35. The van der Waals surface area contributed by atoms with E-state index in [-0.39, 0.29) is 5.75 Å². The van der Waals surface area contributed by atoms with E-state index >= 15 is 0 Å². The molecule has 4 nitrogen and oxygen atoms in total. The molecule has 0 radical (unpaired) electrons. The summed E-state index contributed by atoms with van der Waals surface area (Å²) in [6.07, 6.45) is 1.22. The Bertz CT molecular complexity index is 492. The van der Waals surface area contributed by atoms with Gasteiger partial charge in [0, 0.05) is 13.1 Å². The van der Waals surface area contributed by atoms with Gasteiger partial charge in [0.15, 0.2) is 11.6 Å². The number of benzene rings is 1. The lowest BCUT2D eigenvalue weighted by molar-refractivity contribution is -0.148. The van der Waals surface area contributed by atoms with Gasteiger partial charge in [0.25, 0.3) is 0 Å². The van der Waals surface area contributed by atoms with Crippen molar-refractivity contribution in [2.75, 3.05) is 13.1 Å². The molecular weight excluding hydrogens is 249 g/mol. The van der Waals surface area contributed by atoms with Gasteiger partial charge in [-0.05, 0) is 37.1 Å². The topological polar surface area (TPSA) is 60.8 Å². The highest BCUT2D eigenvalue weighted by Gasteiger charge is 2.43. The third kappa shape index (κ3) is 2.71. The molecule has 1 aromatic rings. The predicted octanol–water partition coefficient (Wildman–Crippen LogP) is 2.22. The summed E-state index contributed by atoms with van der Waals surface area (Å²) in [5, 5.41) is 18.4. The van der Waals surface area contributed by atoms with Gasteiger partial charge in [0.1, 0.15) is 0 Å². The van der Waals surface area contributed by atoms with Crippen molar-refractivity contribution in [2.24, 2.45) is 5.41 Å². The van der Waals surface area contributed by atoms with Crippen molar-refractivity contribution >= 4 is 5.97 Å². The highest BCUT2D eigenvalue weighted by molar-refractivity contribution is 5.75. The molecule has 2 N–H and O–H groups in total. The van der Waals surface area contributed by atoms with E-state index in [0.29, 0.717) is 32.5 Å². The fourth-order valence-electron chi connectivity index (χ4n) is 2.61. The maximum Gasteiger partial charge on any atom is 0.310 e. The molecule has 0 bridgehead atoms. The van der Waals surface area contributed by atoms with Gasteiger partial charge in [-0.3, -0.25) is 9.69 Å². The number of hydrogen-bond donors (Lipinski definition) is 2. The molecule has 2 rings (SSSR count). The maximum absolute atomic E-state index is 13.2. The summed E-state index contributed by atoms with van der Waals surface area (Å²) in [6, 6.07) is 4.28. The molecule has 1 atom stereocenters. The summed E-state index contributed by atoms with van der Waals surface area (Å²) < 4.78 is 13.2. The first-order valence-corrected chi connectivity index (χ1v) is 6.40. The summed E-state index contributed by atoms with van der Waals surface area (Å²) in [6.45, 7) is 3.58. The minimum absolute atomic E-state index is 0.362. The maximum atomic E-state index is 13.2. The first kappa shape index (κ1) is 13.8. The van der Waals surface area contributed by atoms with Crippen LogP contribution >= 0.6 is 0 Å². The highest BCUT2D eigenvalue weighted by atomic mass is 19.1. The number of hydrogen-bond acceptors (Lipinski definition) is 3. The lowest BCUT2D eigenvalue weighted by Crippen LogP contribution is -2.33. The first-order chi connectivity index (χ1) is 8.97. The second-order valence-electron chi connectivity index (χ2n) is 5.19. The second kappa shape index (κ2) is 5.17. The Morgan fingerprint density at radius 1 is 1.53 bits per heavy atom. The number of aromatic hydroxyl groups is 1. The zero-order chi connectivity index (χ0) is 14.0. The average Bonchev–Trinajstić information content (AvgIpc) is 2.79. The van der Waals surface area contributed by atoms with Crippen molar-refractivity contribution < 1.29 is 19.4 Å². The van der Waals surface area contributed by atoms with Crippen LogP contribution in [0, 0.1) is 11.2 Å². The molecule has 5 heteroatoms. The van der Waals surface area contributed by atoms with E-state index in [1.165, 1.54) is 12.1 Å². The van der Waals surface area contributed by atoms with Crippen molar-refractivity contribution in [3.8, 4) is 5.75 Å². The van der Waals surface area contributed by atoms with Crippen LogP contribution in [0.5, 0.6) is 5.75 Å². The number of carboxylic acid groups (broad SMARTS) is 1. The standard InChI is InChI=1S/C14H18FNO3/c1-2-14(13(18)19)5-6-16(9-14)8-10-3-4-12(17)11(15)7-10/h3-4,7,17H,2,5-6,8-9H2,1H3,(H,18,19). The first-order valence-electron chi connectivity index (χ1n) is 6.40. The van der Waals surface area contributed by atoms with Gasteiger partial charge < -0.3 is 10.2 Å². The third-order valence-corrected chi connectivity index (χ3v) is 3.98. The molecule has 19 heavy (non-hydrogen) atoms. The molecule has 1 aromatic carbocycles. The van der Waals surface area contributed by atoms with Crippen molar-refractivity contribution in [1.82, 2.24) is 4.90 Å². The molecule has 1 aliphatic heterocycles. The van der Waals surface area contributed by atoms with E-state index in [2.05, 4.69) is 0 Å². The van der Waals surface area contributed by atoms with Gasteiger partial charge >= 0.3 is 5.97 Å². The van der Waals surface area contributed by atoms with Crippen LogP contribution in [0.4, 0.5) is 4.39 Å². The molecule has 1 aliphatic rings. The predicted molar refractivity (Wildman–Crippen MR) is 68.3 cm³/mol. The third-order valence-electron chi connectivity index (χ3n) is 3.98. The number of halogens is 1. The zero-order valence-corrected chi connectivity index (χ0v) is 10.9. The Morgan fingerprint density at radius 2 is 2.26 bits per heavy atom. The van der Waals surface area contributed by atoms with E-state index in [0.717, 1.165) is 5.56 Å². The Hall–Kier alpha value is -1.62. The van der Waals surface area contributed by atoms with Gasteiger partial charge in [0.05, 0.1) is 5.41 Å². The average molecular weight is 267 g/mol. The fraction of sp³-hybridized carbons (Fsp3) is 0.500. The number of likely N-dealkylation sites (tertiary alicyclic amines) is 1. The van der Waals surface area contributed by atoms with Crippen LogP contribution in [-0.2, 0) is 11.3 Å². The molecule has 0 amide bonds. The van der Waals surface area contributed by atoms with Crippen LogP contribution in [0.1, 0.15) is 25.3 Å². The molecule has 1 saturated heterocycles. The SMILES string of the molecule is CCC1(C(=O)O)CCN(Cc2ccc(O)c(F)c2)C1. The van der Waals surface area contributed by atoms with E-state index in [9.17, 15) is 14.3 Å². The number of rotatable bonds is 4. The van der Waals surface area contributed by atoms with Crippen LogP contribution in [0.15, 0.2) is 18.2 Å². The van der Waals surface area contributed by atoms with Crippen molar-refractivity contribution in [2.45, 2.75) is 26.3 Å². The number of phenolic OH excluding ortho intramolecular Hbond substituents is 1. The molecule has 0 aromatic heterocycles. The monoisotopic (exact) mass is 267 g/mol. The molecule has 0 aliphatic carbocycles. The Balaban J connectivity index is 2.05. The molecule has 1 unspecified atom stereocenters. The van der Waals surface area contributed by atoms with Crippen molar-refractivity contribution in [3.05, 3.63) is 29.6 Å². The molecule has 104 valence electrons. The van der Waals surface area contributed by atoms with Gasteiger partial charge in [0.2, 0.25) is 0 Å². The second-order valence-corrected chi connectivity index (χ2v) is 5.19. The van der Waals surface area contributed by atoms with Gasteiger partial charge in [-0.1, -0.05) is 13.0 Å². The largest absolute Gasteiger partial charge is 0.505 e. The Morgan fingerprint density at radius 3 is 2.79 bits per heavy atom. The number of aliphatic carboxylic acids is 1. The number of nitrogens with zero attached hydrogens (tertiary/aromatic N) is 1. The molecule has 1 heterocycles. The number of carbonyl (C=O) groups is 1. The summed E-state index contributed by atoms with van der Waals surface area (Å²) in [5.74, 6) is -1.76. The summed E-state index contributed by atoms with van der Waals surface area (Å²) in [4.78, 5) is 13.3. The quantitative estimate of drug-likeness (QED) is 0.878. The smallest absolute Gasteiger partial charge is 0.310 e. The Kier molecular flexibility index (Phi) is 3.75. The van der Waals surface area contributed by atoms with Crippen molar-refractivity contribution in [1.29, 1.82) is 0 Å². The van der Waals surface area contributed by atoms with Crippen molar-refractivity contribution in [3.63, 3.8) is 0 Å². The van der Waals surface area contributed by atoms with E-state index in [1.54, 1.807) is 6.07 Å². The molecule has 0 saturated carbocycles. The Labute approximate surface area is 111 Å². The van der Waals surface area contributed by atoms with Crippen LogP contribution in [0.25, 0.3) is 0 Å². The molecule has 1 fully saturated rings. The summed E-state index contributed by atoms with van der Waals surface area (Å²) >= 11 is 0. The minimum Gasteiger partial charge on any atom is -0.505 e. The van der Waals surface area contributed by atoms with Gasteiger partial charge in [-0.15, -0.1) is 0 Å². The van der Waals surface area contributed by atoms with E-state index in [4.69, 9.17) is 5.11 Å². The van der Waals surface area contributed by atoms with E-state index in [1.807, 2.05) is 11.8 Å².